The van der Waals surface area contributed by atoms with Crippen LogP contribution in [0.3, 0.4) is 0 Å². The molecule has 0 bridgehead atoms. The van der Waals surface area contributed by atoms with Crippen molar-refractivity contribution < 1.29 is 15.0 Å². The maximum absolute atomic E-state index is 12.1. The second kappa shape index (κ2) is 15.8. The number of hydrogen-bond donors (Lipinski definition) is 2. The van der Waals surface area contributed by atoms with Gasteiger partial charge < -0.3 is 10.2 Å². The second-order valence-corrected chi connectivity index (χ2v) is 14.7. The Kier molecular flexibility index (Phi) is 11.5. The average Bonchev–Trinajstić information content (AvgIpc) is 3.08. The van der Waals surface area contributed by atoms with Gasteiger partial charge in [0.2, 0.25) is 0 Å². The molecule has 0 spiro atoms. The lowest BCUT2D eigenvalue weighted by Gasteiger charge is -2.38. The summed E-state index contributed by atoms with van der Waals surface area (Å²) >= 11 is 3.55. The van der Waals surface area contributed by atoms with E-state index in [9.17, 15) is 9.90 Å². The zero-order chi connectivity index (χ0) is 35.1. The van der Waals surface area contributed by atoms with Crippen LogP contribution >= 0.6 is 23.5 Å². The molecule has 6 aromatic rings. The van der Waals surface area contributed by atoms with E-state index in [1.54, 1.807) is 48.6 Å². The van der Waals surface area contributed by atoms with Gasteiger partial charge in [-0.15, -0.1) is 0 Å². The number of hydrogen-bond acceptors (Lipinski definition) is 4. The predicted octanol–water partition coefficient (Wildman–Crippen LogP) is 11.5. The Balaban J connectivity index is 0.000000160. The molecule has 0 unspecified atom stereocenters. The molecular weight excluding hydrogens is 641 g/mol. The third kappa shape index (κ3) is 8.55. The van der Waals surface area contributed by atoms with Gasteiger partial charge in [0.15, 0.2) is 0 Å². The highest BCUT2D eigenvalue weighted by atomic mass is 32.2. The standard InChI is InChI=1S/C22H20OS.C14H14S.C8H8O2/c1-14-8-10-20-18(12-14)22(23,17-7-5-4-6-16(17)3)19-13-15(2)9-11-21(19)24-20;1-11-3-7-13(8-4-11)15-14-9-5-12(2)6-10-14;1-6-4-2-3-5-7(6)8(9)10/h4-13,23H,1-3H3;3-10H,1-2H3;2-5H,1H3,(H,9,10). The molecule has 49 heavy (non-hydrogen) atoms. The molecule has 1 aliphatic heterocycles. The fourth-order valence-corrected chi connectivity index (χ4v) is 7.68. The summed E-state index contributed by atoms with van der Waals surface area (Å²) in [6, 6.07) is 45.1. The fraction of sp³-hybridized carbons (Fsp3) is 0.159. The van der Waals surface area contributed by atoms with Gasteiger partial charge in [-0.05, 0) is 101 Å². The van der Waals surface area contributed by atoms with Crippen molar-refractivity contribution in [3.05, 3.63) is 189 Å². The summed E-state index contributed by atoms with van der Waals surface area (Å²) in [5.41, 5.74) is 9.05. The summed E-state index contributed by atoms with van der Waals surface area (Å²) in [6.45, 7) is 12.2. The van der Waals surface area contributed by atoms with Crippen molar-refractivity contribution in [2.45, 2.75) is 66.7 Å². The Bertz CT molecular complexity index is 1970. The highest BCUT2D eigenvalue weighted by Gasteiger charge is 2.42. The Morgan fingerprint density at radius 1 is 0.531 bits per heavy atom. The van der Waals surface area contributed by atoms with Crippen molar-refractivity contribution in [3.8, 4) is 0 Å². The summed E-state index contributed by atoms with van der Waals surface area (Å²) in [5.74, 6) is -0.863. The largest absolute Gasteiger partial charge is 0.478 e. The molecule has 2 N–H and O–H groups in total. The lowest BCUT2D eigenvalue weighted by atomic mass is 9.77. The van der Waals surface area contributed by atoms with Gasteiger partial charge >= 0.3 is 5.97 Å². The molecule has 3 nitrogen and oxygen atoms in total. The van der Waals surface area contributed by atoms with Gasteiger partial charge in [-0.2, -0.15) is 0 Å². The lowest BCUT2D eigenvalue weighted by Crippen LogP contribution is -2.33. The molecule has 0 saturated heterocycles. The van der Waals surface area contributed by atoms with Gasteiger partial charge in [0, 0.05) is 30.7 Å². The molecule has 7 rings (SSSR count). The molecule has 0 atom stereocenters. The number of fused-ring (bicyclic) bond motifs is 2. The van der Waals surface area contributed by atoms with Crippen LogP contribution in [-0.2, 0) is 5.60 Å². The first-order valence-electron chi connectivity index (χ1n) is 16.2. The molecule has 1 heterocycles. The second-order valence-electron chi connectivity index (χ2n) is 12.5. The molecule has 0 saturated carbocycles. The van der Waals surface area contributed by atoms with Crippen LogP contribution in [0.25, 0.3) is 0 Å². The summed E-state index contributed by atoms with van der Waals surface area (Å²) in [4.78, 5) is 15.3. The van der Waals surface area contributed by atoms with Gasteiger partial charge in [-0.1, -0.05) is 137 Å². The molecule has 0 aliphatic carbocycles. The van der Waals surface area contributed by atoms with E-state index in [1.807, 2.05) is 24.3 Å². The van der Waals surface area contributed by atoms with Gasteiger partial charge in [-0.25, -0.2) is 4.79 Å². The SMILES string of the molecule is Cc1ccc(Sc2ccc(C)cc2)cc1.Cc1ccc2c(c1)C(O)(c1ccccc1C)c1cc(C)ccc1S2.Cc1ccccc1C(=O)O. The van der Waals surface area contributed by atoms with E-state index in [1.165, 1.54) is 20.9 Å². The third-order valence-electron chi connectivity index (χ3n) is 8.46. The number of aliphatic hydroxyl groups is 1. The van der Waals surface area contributed by atoms with Crippen molar-refractivity contribution in [1.29, 1.82) is 0 Å². The normalized spacial score (nSPS) is 12.3. The number of rotatable bonds is 4. The van der Waals surface area contributed by atoms with Gasteiger partial charge in [0.05, 0.1) is 5.56 Å². The number of aryl methyl sites for hydroxylation is 6. The lowest BCUT2D eigenvalue weighted by molar-refractivity contribution is 0.0696. The number of aromatic carboxylic acids is 1. The minimum atomic E-state index is -1.11. The number of carboxylic acid groups (broad SMARTS) is 1. The van der Waals surface area contributed by atoms with Crippen molar-refractivity contribution in [3.63, 3.8) is 0 Å². The van der Waals surface area contributed by atoms with E-state index >= 15 is 0 Å². The maximum Gasteiger partial charge on any atom is 0.335 e. The van der Waals surface area contributed by atoms with Gasteiger partial charge in [0.25, 0.3) is 0 Å². The third-order valence-corrected chi connectivity index (χ3v) is 10.6. The Labute approximate surface area is 299 Å². The number of carbonyl (C=O) groups is 1. The first kappa shape index (κ1) is 35.7. The molecule has 1 aliphatic rings. The Morgan fingerprint density at radius 3 is 1.39 bits per heavy atom. The first-order chi connectivity index (χ1) is 23.4. The number of benzene rings is 6. The van der Waals surface area contributed by atoms with E-state index in [0.29, 0.717) is 5.56 Å². The Hall–Kier alpha value is -4.55. The van der Waals surface area contributed by atoms with Crippen LogP contribution < -0.4 is 0 Å². The topological polar surface area (TPSA) is 57.5 Å². The van der Waals surface area contributed by atoms with Crippen molar-refractivity contribution in [2.24, 2.45) is 0 Å². The molecule has 6 aromatic carbocycles. The molecular formula is C44H42O3S2. The summed E-state index contributed by atoms with van der Waals surface area (Å²) in [6.07, 6.45) is 0. The van der Waals surface area contributed by atoms with E-state index in [0.717, 1.165) is 48.7 Å². The van der Waals surface area contributed by atoms with Crippen LogP contribution in [0.5, 0.6) is 0 Å². The van der Waals surface area contributed by atoms with Gasteiger partial charge in [-0.3, -0.25) is 0 Å². The summed E-state index contributed by atoms with van der Waals surface area (Å²) < 4.78 is 0. The average molecular weight is 683 g/mol. The monoisotopic (exact) mass is 682 g/mol. The molecule has 0 radical (unpaired) electrons. The summed E-state index contributed by atoms with van der Waals surface area (Å²) in [5, 5.41) is 20.6. The predicted molar refractivity (Wildman–Crippen MR) is 204 cm³/mol. The molecule has 5 heteroatoms. The first-order valence-corrected chi connectivity index (χ1v) is 17.9. The van der Waals surface area contributed by atoms with Crippen LogP contribution in [-0.4, -0.2) is 16.2 Å². The highest BCUT2D eigenvalue weighted by molar-refractivity contribution is 7.99. The van der Waals surface area contributed by atoms with Crippen molar-refractivity contribution in [2.75, 3.05) is 0 Å². The van der Waals surface area contributed by atoms with Gasteiger partial charge in [0.1, 0.15) is 5.60 Å². The fourth-order valence-electron chi connectivity index (χ4n) is 5.73. The zero-order valence-corrected chi connectivity index (χ0v) is 30.5. The highest BCUT2D eigenvalue weighted by Crippen LogP contribution is 2.52. The Morgan fingerprint density at radius 2 is 0.959 bits per heavy atom. The minimum Gasteiger partial charge on any atom is -0.478 e. The maximum atomic E-state index is 12.1. The minimum absolute atomic E-state index is 0.377. The van der Waals surface area contributed by atoms with Crippen molar-refractivity contribution >= 4 is 29.5 Å². The summed E-state index contributed by atoms with van der Waals surface area (Å²) in [7, 11) is 0. The molecule has 0 fully saturated rings. The zero-order valence-electron chi connectivity index (χ0n) is 28.8. The van der Waals surface area contributed by atoms with Crippen LogP contribution in [0.4, 0.5) is 0 Å². The van der Waals surface area contributed by atoms with E-state index in [4.69, 9.17) is 5.11 Å². The van der Waals surface area contributed by atoms with E-state index in [2.05, 4.69) is 126 Å². The molecule has 248 valence electrons. The molecule has 0 amide bonds. The van der Waals surface area contributed by atoms with Crippen LogP contribution in [0, 0.1) is 41.5 Å². The molecule has 0 aromatic heterocycles. The van der Waals surface area contributed by atoms with Crippen molar-refractivity contribution in [1.82, 2.24) is 0 Å². The van der Waals surface area contributed by atoms with Crippen LogP contribution in [0.15, 0.2) is 153 Å². The quantitative estimate of drug-likeness (QED) is 0.194. The van der Waals surface area contributed by atoms with Crippen LogP contribution in [0.2, 0.25) is 0 Å². The van der Waals surface area contributed by atoms with E-state index in [-0.39, 0.29) is 0 Å². The van der Waals surface area contributed by atoms with E-state index < -0.39 is 11.6 Å². The van der Waals surface area contributed by atoms with Crippen LogP contribution in [0.1, 0.15) is 60.4 Å². The smallest absolute Gasteiger partial charge is 0.335 e. The number of carboxylic acids is 1.